The minimum Gasteiger partial charge on any atom is -0.489 e. The monoisotopic (exact) mass is 488 g/mol. The molecule has 186 valence electrons. The molecular formula is C27H28N4O5. The maximum atomic E-state index is 13.0. The van der Waals surface area contributed by atoms with Crippen LogP contribution in [0, 0.1) is 6.92 Å². The summed E-state index contributed by atoms with van der Waals surface area (Å²) in [5.41, 5.74) is 3.62. The topological polar surface area (TPSA) is 121 Å². The molecular weight excluding hydrogens is 460 g/mol. The van der Waals surface area contributed by atoms with Gasteiger partial charge in [0.05, 0.1) is 23.9 Å². The van der Waals surface area contributed by atoms with Crippen molar-refractivity contribution in [3.63, 3.8) is 0 Å². The van der Waals surface area contributed by atoms with Crippen LogP contribution in [0.2, 0.25) is 0 Å². The molecule has 9 nitrogen and oxygen atoms in total. The van der Waals surface area contributed by atoms with Gasteiger partial charge in [0, 0.05) is 35.3 Å². The largest absolute Gasteiger partial charge is 0.489 e. The first-order chi connectivity index (χ1) is 17.3. The number of amides is 3. The number of hydrogen-bond acceptors (Lipinski definition) is 6. The lowest BCUT2D eigenvalue weighted by Gasteiger charge is -2.29. The van der Waals surface area contributed by atoms with E-state index < -0.39 is 17.4 Å². The molecule has 4 rings (SSSR count). The lowest BCUT2D eigenvalue weighted by Crippen LogP contribution is -2.53. The highest BCUT2D eigenvalue weighted by atomic mass is 16.5. The van der Waals surface area contributed by atoms with Gasteiger partial charge in [0.1, 0.15) is 12.4 Å². The summed E-state index contributed by atoms with van der Waals surface area (Å²) in [7, 11) is 0. The van der Waals surface area contributed by atoms with Crippen molar-refractivity contribution in [2.45, 2.75) is 31.9 Å². The van der Waals surface area contributed by atoms with Crippen molar-refractivity contribution in [3.05, 3.63) is 84.1 Å². The molecule has 1 fully saturated rings. The molecule has 1 aliphatic heterocycles. The SMILES string of the molecule is C=CCN1CC(CC(=O)NO)(NC(=O)c2ccc(OCc3cc(C)nc4ccccc34)cc2)CC1=O. The summed E-state index contributed by atoms with van der Waals surface area (Å²) in [5, 5.41) is 12.9. The quantitative estimate of drug-likeness (QED) is 0.242. The fourth-order valence-corrected chi connectivity index (χ4v) is 4.52. The fraction of sp³-hybridized carbons (Fsp3) is 0.259. The normalized spacial score (nSPS) is 17.2. The van der Waals surface area contributed by atoms with E-state index in [0.29, 0.717) is 24.5 Å². The summed E-state index contributed by atoms with van der Waals surface area (Å²) in [4.78, 5) is 43.4. The van der Waals surface area contributed by atoms with Crippen LogP contribution in [0.15, 0.2) is 67.3 Å². The first-order valence-corrected chi connectivity index (χ1v) is 11.5. The predicted octanol–water partition coefficient (Wildman–Crippen LogP) is 2.90. The number of aromatic nitrogens is 1. The molecule has 0 radical (unpaired) electrons. The maximum absolute atomic E-state index is 13.0. The number of ether oxygens (including phenoxy) is 1. The average Bonchev–Trinajstić information content (AvgIpc) is 3.16. The van der Waals surface area contributed by atoms with Crippen LogP contribution in [-0.4, -0.2) is 51.4 Å². The molecule has 0 spiro atoms. The van der Waals surface area contributed by atoms with Gasteiger partial charge in [0.15, 0.2) is 0 Å². The second kappa shape index (κ2) is 10.6. The number of rotatable bonds is 9. The zero-order valence-electron chi connectivity index (χ0n) is 20.0. The molecule has 36 heavy (non-hydrogen) atoms. The van der Waals surface area contributed by atoms with Crippen LogP contribution in [0.4, 0.5) is 0 Å². The molecule has 0 saturated carbocycles. The van der Waals surface area contributed by atoms with Gasteiger partial charge >= 0.3 is 0 Å². The third kappa shape index (κ3) is 5.52. The Hall–Kier alpha value is -4.24. The molecule has 3 aromatic rings. The molecule has 1 aromatic heterocycles. The van der Waals surface area contributed by atoms with Crippen LogP contribution in [0.5, 0.6) is 5.75 Å². The number of hydroxylamine groups is 1. The Bertz CT molecular complexity index is 1310. The van der Waals surface area contributed by atoms with Crippen molar-refractivity contribution in [1.29, 1.82) is 0 Å². The number of nitrogens with zero attached hydrogens (tertiary/aromatic N) is 2. The van der Waals surface area contributed by atoms with Gasteiger partial charge in [-0.25, -0.2) is 5.48 Å². The van der Waals surface area contributed by atoms with Crippen LogP contribution in [-0.2, 0) is 16.2 Å². The van der Waals surface area contributed by atoms with Gasteiger partial charge in [0.2, 0.25) is 11.8 Å². The fourth-order valence-electron chi connectivity index (χ4n) is 4.52. The molecule has 1 atom stereocenters. The molecule has 3 N–H and O–H groups in total. The molecule has 2 heterocycles. The van der Waals surface area contributed by atoms with Crippen LogP contribution in [0.25, 0.3) is 10.9 Å². The van der Waals surface area contributed by atoms with E-state index in [4.69, 9.17) is 9.94 Å². The Morgan fingerprint density at radius 2 is 1.97 bits per heavy atom. The zero-order valence-corrected chi connectivity index (χ0v) is 20.0. The minimum atomic E-state index is -1.14. The van der Waals surface area contributed by atoms with Crippen molar-refractivity contribution >= 4 is 28.6 Å². The van der Waals surface area contributed by atoms with E-state index in [1.54, 1.807) is 35.8 Å². The van der Waals surface area contributed by atoms with E-state index >= 15 is 0 Å². The summed E-state index contributed by atoms with van der Waals surface area (Å²) in [6, 6.07) is 16.5. The number of carbonyl (C=O) groups excluding carboxylic acids is 3. The Balaban J connectivity index is 1.45. The molecule has 0 bridgehead atoms. The predicted molar refractivity (Wildman–Crippen MR) is 133 cm³/mol. The number of aryl methyl sites for hydroxylation is 1. The first kappa shape index (κ1) is 24.9. The number of hydrogen-bond donors (Lipinski definition) is 3. The highest BCUT2D eigenvalue weighted by molar-refractivity contribution is 5.96. The van der Waals surface area contributed by atoms with Crippen molar-refractivity contribution in [2.75, 3.05) is 13.1 Å². The van der Waals surface area contributed by atoms with E-state index in [-0.39, 0.29) is 25.3 Å². The first-order valence-electron chi connectivity index (χ1n) is 11.5. The van der Waals surface area contributed by atoms with Crippen molar-refractivity contribution in [2.24, 2.45) is 0 Å². The van der Waals surface area contributed by atoms with Crippen molar-refractivity contribution in [1.82, 2.24) is 20.7 Å². The summed E-state index contributed by atoms with van der Waals surface area (Å²) in [6.07, 6.45) is 1.28. The van der Waals surface area contributed by atoms with Gasteiger partial charge in [-0.05, 0) is 43.3 Å². The zero-order chi connectivity index (χ0) is 25.7. The Labute approximate surface area is 208 Å². The van der Waals surface area contributed by atoms with E-state index in [9.17, 15) is 14.4 Å². The number of benzene rings is 2. The number of fused-ring (bicyclic) bond motifs is 1. The molecule has 0 aliphatic carbocycles. The van der Waals surface area contributed by atoms with E-state index in [2.05, 4.69) is 16.9 Å². The standard InChI is InChI=1S/C27H28N4O5/c1-3-12-31-17-27(15-25(31)33,14-24(32)30-35)29-26(34)19-8-10-21(11-9-19)36-16-20-13-18(2)28-23-7-5-4-6-22(20)23/h3-11,13,35H,1,12,14-17H2,2H3,(H,29,34)(H,30,32). The number of nitrogens with one attached hydrogen (secondary N) is 2. The Morgan fingerprint density at radius 3 is 2.69 bits per heavy atom. The van der Waals surface area contributed by atoms with Gasteiger partial charge in [-0.15, -0.1) is 6.58 Å². The average molecular weight is 489 g/mol. The lowest BCUT2D eigenvalue weighted by molar-refractivity contribution is -0.130. The highest BCUT2D eigenvalue weighted by Gasteiger charge is 2.45. The van der Waals surface area contributed by atoms with Crippen LogP contribution in [0.3, 0.4) is 0 Å². The minimum absolute atomic E-state index is 0.0551. The number of likely N-dealkylation sites (tertiary alicyclic amines) is 1. The third-order valence-corrected chi connectivity index (χ3v) is 6.13. The highest BCUT2D eigenvalue weighted by Crippen LogP contribution is 2.27. The molecule has 9 heteroatoms. The lowest BCUT2D eigenvalue weighted by atomic mass is 9.92. The van der Waals surface area contributed by atoms with Crippen molar-refractivity contribution in [3.8, 4) is 5.75 Å². The van der Waals surface area contributed by atoms with Crippen LogP contribution < -0.4 is 15.5 Å². The molecule has 3 amide bonds. The Morgan fingerprint density at radius 1 is 1.22 bits per heavy atom. The summed E-state index contributed by atoms with van der Waals surface area (Å²) >= 11 is 0. The van der Waals surface area contributed by atoms with Crippen LogP contribution in [0.1, 0.15) is 34.5 Å². The summed E-state index contributed by atoms with van der Waals surface area (Å²) in [6.45, 7) is 6.36. The molecule has 2 aromatic carbocycles. The summed E-state index contributed by atoms with van der Waals surface area (Å²) < 4.78 is 5.96. The van der Waals surface area contributed by atoms with Gasteiger partial charge in [-0.2, -0.15) is 0 Å². The smallest absolute Gasteiger partial charge is 0.251 e. The van der Waals surface area contributed by atoms with Crippen molar-refractivity contribution < 1.29 is 24.3 Å². The van der Waals surface area contributed by atoms with Gasteiger partial charge < -0.3 is 15.0 Å². The number of para-hydroxylation sites is 1. The van der Waals surface area contributed by atoms with Gasteiger partial charge in [0.25, 0.3) is 5.91 Å². The maximum Gasteiger partial charge on any atom is 0.251 e. The molecule has 1 saturated heterocycles. The van der Waals surface area contributed by atoms with Gasteiger partial charge in [-0.1, -0.05) is 24.3 Å². The molecule has 1 unspecified atom stereocenters. The summed E-state index contributed by atoms with van der Waals surface area (Å²) in [5.74, 6) is -0.737. The third-order valence-electron chi connectivity index (χ3n) is 6.13. The van der Waals surface area contributed by atoms with E-state index in [0.717, 1.165) is 22.2 Å². The molecule has 1 aliphatic rings. The Kier molecular flexibility index (Phi) is 7.30. The number of pyridine rings is 1. The van der Waals surface area contributed by atoms with Crippen LogP contribution >= 0.6 is 0 Å². The van der Waals surface area contributed by atoms with E-state index in [1.807, 2.05) is 37.3 Å². The van der Waals surface area contributed by atoms with Gasteiger partial charge in [-0.3, -0.25) is 24.6 Å². The van der Waals surface area contributed by atoms with E-state index in [1.165, 1.54) is 4.90 Å². The second-order valence-electron chi connectivity index (χ2n) is 8.94. The second-order valence-corrected chi connectivity index (χ2v) is 8.94. The number of carbonyl (C=O) groups is 3.